The van der Waals surface area contributed by atoms with E-state index in [0.717, 1.165) is 11.1 Å². The molecule has 0 radical (unpaired) electrons. The van der Waals surface area contributed by atoms with Crippen LogP contribution in [0.25, 0.3) is 0 Å². The average Bonchev–Trinajstić information content (AvgIpc) is 3.20. The molecule has 3 rings (SSSR count). The fraction of sp³-hybridized carbons (Fsp3) is 0.273. The first-order chi connectivity index (χ1) is 14.9. The highest BCUT2D eigenvalue weighted by molar-refractivity contribution is 7.89. The quantitative estimate of drug-likeness (QED) is 0.444. The number of carbonyl (C=O) groups is 1. The maximum Gasteiger partial charge on any atom is 0.322 e. The number of hydrogen-bond donors (Lipinski definition) is 2. The van der Waals surface area contributed by atoms with E-state index >= 15 is 0 Å². The smallest absolute Gasteiger partial charge is 0.322 e. The standard InChI is InChI=1S/C22H25N3O5S/c26-22(27)21(24-31(28,29)12-11-18-7-3-1-4-8-18)13-20-14-23-16-25(20)17-30-15-19-9-5-2-6-10-19/h1-10,14,16,21,24H,11-13,15,17H2,(H,26,27)/t21-/m0/s1. The Morgan fingerprint density at radius 2 is 1.71 bits per heavy atom. The van der Waals surface area contributed by atoms with Crippen molar-refractivity contribution in [2.24, 2.45) is 0 Å². The number of aromatic nitrogens is 2. The second kappa shape index (κ2) is 10.9. The Morgan fingerprint density at radius 1 is 1.06 bits per heavy atom. The molecule has 0 spiro atoms. The maximum absolute atomic E-state index is 12.4. The second-order valence-corrected chi connectivity index (χ2v) is 8.96. The molecule has 0 aliphatic heterocycles. The zero-order valence-corrected chi connectivity index (χ0v) is 17.7. The normalized spacial score (nSPS) is 12.5. The van der Waals surface area contributed by atoms with Crippen LogP contribution in [0.15, 0.2) is 73.2 Å². The molecule has 0 aliphatic rings. The van der Waals surface area contributed by atoms with Gasteiger partial charge in [-0.1, -0.05) is 60.7 Å². The number of imidazole rings is 1. The lowest BCUT2D eigenvalue weighted by atomic mass is 10.2. The number of aryl methyl sites for hydroxylation is 1. The summed E-state index contributed by atoms with van der Waals surface area (Å²) >= 11 is 0. The highest BCUT2D eigenvalue weighted by atomic mass is 32.2. The third-order valence-corrected chi connectivity index (χ3v) is 6.06. The van der Waals surface area contributed by atoms with Crippen molar-refractivity contribution in [2.75, 3.05) is 5.75 Å². The largest absolute Gasteiger partial charge is 0.480 e. The van der Waals surface area contributed by atoms with Gasteiger partial charge in [0.2, 0.25) is 10.0 Å². The van der Waals surface area contributed by atoms with Crippen LogP contribution in [0.1, 0.15) is 16.8 Å². The van der Waals surface area contributed by atoms with Gasteiger partial charge in [0.1, 0.15) is 12.8 Å². The van der Waals surface area contributed by atoms with Crippen LogP contribution in [0.4, 0.5) is 0 Å². The van der Waals surface area contributed by atoms with Crippen LogP contribution >= 0.6 is 0 Å². The SMILES string of the molecule is O=C(O)[C@H](Cc1cncn1COCc1ccccc1)NS(=O)(=O)CCc1ccccc1. The highest BCUT2D eigenvalue weighted by Crippen LogP contribution is 2.09. The summed E-state index contributed by atoms with van der Waals surface area (Å²) in [6.07, 6.45) is 3.30. The van der Waals surface area contributed by atoms with Crippen LogP contribution in [0.5, 0.6) is 0 Å². The zero-order chi connectivity index (χ0) is 22.1. The number of carboxylic acid groups (broad SMARTS) is 1. The first-order valence-electron chi connectivity index (χ1n) is 9.80. The number of aliphatic carboxylic acids is 1. The van der Waals surface area contributed by atoms with Gasteiger partial charge in [0.05, 0.1) is 18.7 Å². The predicted molar refractivity (Wildman–Crippen MR) is 116 cm³/mol. The summed E-state index contributed by atoms with van der Waals surface area (Å²) < 4.78 is 34.5. The molecule has 0 amide bonds. The van der Waals surface area contributed by atoms with E-state index in [1.54, 1.807) is 4.57 Å². The molecule has 2 N–H and O–H groups in total. The van der Waals surface area contributed by atoms with Gasteiger partial charge in [-0.05, 0) is 17.5 Å². The minimum absolute atomic E-state index is 0.0470. The zero-order valence-electron chi connectivity index (χ0n) is 16.9. The van der Waals surface area contributed by atoms with Crippen LogP contribution in [0.3, 0.4) is 0 Å². The Balaban J connectivity index is 1.57. The third-order valence-electron chi connectivity index (χ3n) is 4.68. The fourth-order valence-electron chi connectivity index (χ4n) is 3.03. The van der Waals surface area contributed by atoms with Crippen molar-refractivity contribution in [3.63, 3.8) is 0 Å². The number of rotatable bonds is 12. The molecule has 8 nitrogen and oxygen atoms in total. The van der Waals surface area contributed by atoms with Gasteiger partial charge in [-0.2, -0.15) is 0 Å². The molecule has 0 unspecified atom stereocenters. The molecular formula is C22H25N3O5S. The first-order valence-corrected chi connectivity index (χ1v) is 11.5. The summed E-state index contributed by atoms with van der Waals surface area (Å²) in [7, 11) is -3.78. The van der Waals surface area contributed by atoms with Crippen LogP contribution < -0.4 is 4.72 Å². The minimum Gasteiger partial charge on any atom is -0.480 e. The summed E-state index contributed by atoms with van der Waals surface area (Å²) in [6.45, 7) is 0.574. The number of nitrogens with one attached hydrogen (secondary N) is 1. The minimum atomic E-state index is -3.78. The van der Waals surface area contributed by atoms with E-state index in [1.165, 1.54) is 12.5 Å². The topological polar surface area (TPSA) is 111 Å². The monoisotopic (exact) mass is 443 g/mol. The van der Waals surface area contributed by atoms with E-state index < -0.39 is 22.0 Å². The average molecular weight is 444 g/mol. The number of benzene rings is 2. The van der Waals surface area contributed by atoms with Gasteiger partial charge in [-0.15, -0.1) is 0 Å². The Morgan fingerprint density at radius 3 is 2.35 bits per heavy atom. The van der Waals surface area contributed by atoms with Gasteiger partial charge in [-0.25, -0.2) is 18.1 Å². The lowest BCUT2D eigenvalue weighted by Crippen LogP contribution is -2.43. The summed E-state index contributed by atoms with van der Waals surface area (Å²) in [4.78, 5) is 15.7. The fourth-order valence-corrected chi connectivity index (χ4v) is 4.27. The second-order valence-electron chi connectivity index (χ2n) is 7.09. The molecule has 0 aliphatic carbocycles. The van der Waals surface area contributed by atoms with Gasteiger partial charge in [0.25, 0.3) is 0 Å². The molecular weight excluding hydrogens is 418 g/mol. The molecule has 9 heteroatoms. The van der Waals surface area contributed by atoms with Crippen molar-refractivity contribution < 1.29 is 23.1 Å². The Hall–Kier alpha value is -3.01. The van der Waals surface area contributed by atoms with E-state index in [9.17, 15) is 18.3 Å². The Kier molecular flexibility index (Phi) is 7.94. The van der Waals surface area contributed by atoms with E-state index in [0.29, 0.717) is 18.7 Å². The lowest BCUT2D eigenvalue weighted by molar-refractivity contribution is -0.139. The van der Waals surface area contributed by atoms with Crippen molar-refractivity contribution in [3.05, 3.63) is 90.0 Å². The van der Waals surface area contributed by atoms with Crippen LogP contribution in [0, 0.1) is 0 Å². The van der Waals surface area contributed by atoms with Crippen LogP contribution in [-0.4, -0.2) is 40.8 Å². The molecule has 1 heterocycles. The van der Waals surface area contributed by atoms with Crippen LogP contribution in [-0.2, 0) is 45.7 Å². The number of nitrogens with zero attached hydrogens (tertiary/aromatic N) is 2. The van der Waals surface area contributed by atoms with Crippen molar-refractivity contribution in [3.8, 4) is 0 Å². The van der Waals surface area contributed by atoms with E-state index in [-0.39, 0.29) is 18.9 Å². The van der Waals surface area contributed by atoms with Crippen LogP contribution in [0.2, 0.25) is 0 Å². The molecule has 0 bridgehead atoms. The molecule has 2 aromatic carbocycles. The van der Waals surface area contributed by atoms with Gasteiger partial charge in [-0.3, -0.25) is 4.79 Å². The summed E-state index contributed by atoms with van der Waals surface area (Å²) in [5, 5.41) is 9.55. The first kappa shape index (κ1) is 22.7. The van der Waals surface area contributed by atoms with Gasteiger partial charge >= 0.3 is 5.97 Å². The Bertz CT molecular complexity index is 1070. The van der Waals surface area contributed by atoms with E-state index in [1.807, 2.05) is 60.7 Å². The number of sulfonamides is 1. The van der Waals surface area contributed by atoms with Gasteiger partial charge < -0.3 is 14.4 Å². The molecule has 31 heavy (non-hydrogen) atoms. The van der Waals surface area contributed by atoms with Crippen molar-refractivity contribution in [1.29, 1.82) is 0 Å². The molecule has 1 aromatic heterocycles. The number of hydrogen-bond acceptors (Lipinski definition) is 5. The number of ether oxygens (including phenoxy) is 1. The number of carboxylic acids is 1. The molecule has 0 fully saturated rings. The third kappa shape index (κ3) is 7.32. The van der Waals surface area contributed by atoms with Crippen molar-refractivity contribution in [1.82, 2.24) is 14.3 Å². The summed E-state index contributed by atoms with van der Waals surface area (Å²) in [6, 6.07) is 17.5. The molecule has 0 saturated carbocycles. The summed E-state index contributed by atoms with van der Waals surface area (Å²) in [5.74, 6) is -1.44. The maximum atomic E-state index is 12.4. The van der Waals surface area contributed by atoms with Gasteiger partial charge in [0, 0.05) is 18.3 Å². The molecule has 1 atom stereocenters. The molecule has 0 saturated heterocycles. The molecule has 164 valence electrons. The lowest BCUT2D eigenvalue weighted by Gasteiger charge is -2.16. The molecule has 3 aromatic rings. The predicted octanol–water partition coefficient (Wildman–Crippen LogP) is 2.22. The Labute approximate surface area is 181 Å². The summed E-state index contributed by atoms with van der Waals surface area (Å²) in [5.41, 5.74) is 2.44. The van der Waals surface area contributed by atoms with E-state index in [2.05, 4.69) is 9.71 Å². The van der Waals surface area contributed by atoms with Crippen molar-refractivity contribution in [2.45, 2.75) is 32.2 Å². The van der Waals surface area contributed by atoms with Crippen molar-refractivity contribution >= 4 is 16.0 Å². The van der Waals surface area contributed by atoms with Gasteiger partial charge in [0.15, 0.2) is 0 Å². The highest BCUT2D eigenvalue weighted by Gasteiger charge is 2.25. The van der Waals surface area contributed by atoms with E-state index in [4.69, 9.17) is 4.74 Å².